The summed E-state index contributed by atoms with van der Waals surface area (Å²) in [6.07, 6.45) is 6.65. The Morgan fingerprint density at radius 1 is 1.23 bits per heavy atom. The number of hydrogen-bond acceptors (Lipinski definition) is 3. The number of amides is 1. The Labute approximate surface area is 133 Å². The highest BCUT2D eigenvalue weighted by atomic mass is 16.3. The van der Waals surface area contributed by atoms with Gasteiger partial charge in [-0.1, -0.05) is 0 Å². The van der Waals surface area contributed by atoms with Crippen molar-refractivity contribution in [3.63, 3.8) is 0 Å². The van der Waals surface area contributed by atoms with Crippen LogP contribution < -0.4 is 0 Å². The summed E-state index contributed by atoms with van der Waals surface area (Å²) in [5.74, 6) is 3.08. The summed E-state index contributed by atoms with van der Waals surface area (Å²) in [5, 5.41) is 0. The minimum absolute atomic E-state index is 0.372. The Hall–Kier alpha value is -1.29. The maximum atomic E-state index is 12.2. The van der Waals surface area contributed by atoms with Crippen LogP contribution in [-0.2, 0) is 11.3 Å². The van der Waals surface area contributed by atoms with Crippen molar-refractivity contribution in [2.45, 2.75) is 52.0 Å². The van der Waals surface area contributed by atoms with E-state index in [9.17, 15) is 4.79 Å². The maximum Gasteiger partial charge on any atom is 0.222 e. The molecular formula is C18H28N2O2. The van der Waals surface area contributed by atoms with E-state index in [0.717, 1.165) is 57.1 Å². The van der Waals surface area contributed by atoms with E-state index in [1.54, 1.807) is 0 Å². The van der Waals surface area contributed by atoms with E-state index in [1.807, 2.05) is 17.9 Å². The van der Waals surface area contributed by atoms with Gasteiger partial charge in [0.1, 0.15) is 11.5 Å². The van der Waals surface area contributed by atoms with Crippen molar-refractivity contribution in [2.24, 2.45) is 5.92 Å². The topological polar surface area (TPSA) is 36.7 Å². The van der Waals surface area contributed by atoms with Gasteiger partial charge < -0.3 is 9.32 Å². The number of carbonyl (C=O) groups excluding carboxylic acids is 1. The molecule has 3 rings (SSSR count). The number of likely N-dealkylation sites (tertiary alicyclic amines) is 2. The molecule has 122 valence electrons. The van der Waals surface area contributed by atoms with Gasteiger partial charge >= 0.3 is 0 Å². The molecule has 0 radical (unpaired) electrons. The van der Waals surface area contributed by atoms with Crippen LogP contribution >= 0.6 is 0 Å². The maximum absolute atomic E-state index is 12.2. The van der Waals surface area contributed by atoms with Gasteiger partial charge in [-0.15, -0.1) is 0 Å². The molecule has 1 unspecified atom stereocenters. The minimum Gasteiger partial charge on any atom is -0.465 e. The Bertz CT molecular complexity index is 491. The third-order valence-electron chi connectivity index (χ3n) is 5.00. The highest BCUT2D eigenvalue weighted by molar-refractivity contribution is 5.76. The van der Waals surface area contributed by atoms with Crippen LogP contribution in [0.3, 0.4) is 0 Å². The number of hydrogen-bond donors (Lipinski definition) is 0. The summed E-state index contributed by atoms with van der Waals surface area (Å²) < 4.78 is 5.68. The van der Waals surface area contributed by atoms with E-state index in [-0.39, 0.29) is 0 Å². The Morgan fingerprint density at radius 2 is 2.05 bits per heavy atom. The zero-order valence-electron chi connectivity index (χ0n) is 13.7. The number of rotatable bonds is 5. The quantitative estimate of drug-likeness (QED) is 0.838. The van der Waals surface area contributed by atoms with Gasteiger partial charge in [-0.25, -0.2) is 0 Å². The lowest BCUT2D eigenvalue weighted by Gasteiger charge is -2.32. The predicted molar refractivity (Wildman–Crippen MR) is 86.5 cm³/mol. The van der Waals surface area contributed by atoms with Gasteiger partial charge in [0.15, 0.2) is 0 Å². The molecule has 1 aromatic heterocycles. The first-order valence-corrected chi connectivity index (χ1v) is 8.76. The average molecular weight is 304 g/mol. The molecule has 1 amide bonds. The Kier molecular flexibility index (Phi) is 5.19. The van der Waals surface area contributed by atoms with Gasteiger partial charge in [-0.2, -0.15) is 0 Å². The van der Waals surface area contributed by atoms with Crippen molar-refractivity contribution < 1.29 is 9.21 Å². The first kappa shape index (κ1) is 15.6. The molecule has 2 saturated heterocycles. The molecule has 4 heteroatoms. The van der Waals surface area contributed by atoms with Crippen LogP contribution in [0.2, 0.25) is 0 Å². The monoisotopic (exact) mass is 304 g/mol. The third kappa shape index (κ3) is 4.13. The summed E-state index contributed by atoms with van der Waals surface area (Å²) >= 11 is 0. The summed E-state index contributed by atoms with van der Waals surface area (Å²) in [5.41, 5.74) is 0. The first-order chi connectivity index (χ1) is 10.7. The average Bonchev–Trinajstić information content (AvgIpc) is 3.17. The molecule has 0 aromatic carbocycles. The molecule has 0 N–H and O–H groups in total. The standard InChI is InChI=1S/C18H28N2O2/c1-15-6-8-17(22-15)14-19-10-4-5-16(13-19)7-9-18(21)20-11-2-3-12-20/h6,8,16H,2-5,7,9-14H2,1H3. The van der Waals surface area contributed by atoms with E-state index >= 15 is 0 Å². The van der Waals surface area contributed by atoms with Crippen molar-refractivity contribution in [2.75, 3.05) is 26.2 Å². The Balaban J connectivity index is 1.43. The number of piperidine rings is 1. The van der Waals surface area contributed by atoms with Crippen molar-refractivity contribution in [1.29, 1.82) is 0 Å². The number of nitrogens with zero attached hydrogens (tertiary/aromatic N) is 2. The smallest absolute Gasteiger partial charge is 0.222 e. The second-order valence-corrected chi connectivity index (χ2v) is 6.88. The number of aryl methyl sites for hydroxylation is 1. The fraction of sp³-hybridized carbons (Fsp3) is 0.722. The van der Waals surface area contributed by atoms with Crippen molar-refractivity contribution >= 4 is 5.91 Å². The summed E-state index contributed by atoms with van der Waals surface area (Å²) in [4.78, 5) is 16.7. The van der Waals surface area contributed by atoms with E-state index in [4.69, 9.17) is 4.42 Å². The van der Waals surface area contributed by atoms with Crippen molar-refractivity contribution in [1.82, 2.24) is 9.80 Å². The third-order valence-corrected chi connectivity index (χ3v) is 5.00. The SMILES string of the molecule is Cc1ccc(CN2CCCC(CCC(=O)N3CCCC3)C2)o1. The zero-order chi connectivity index (χ0) is 15.4. The summed E-state index contributed by atoms with van der Waals surface area (Å²) in [7, 11) is 0. The van der Waals surface area contributed by atoms with E-state index in [2.05, 4.69) is 11.0 Å². The van der Waals surface area contributed by atoms with Crippen LogP contribution in [0.25, 0.3) is 0 Å². The molecular weight excluding hydrogens is 276 g/mol. The minimum atomic E-state index is 0.372. The second kappa shape index (κ2) is 7.32. The molecule has 3 heterocycles. The second-order valence-electron chi connectivity index (χ2n) is 6.88. The molecule has 0 spiro atoms. The number of furan rings is 1. The largest absolute Gasteiger partial charge is 0.465 e. The van der Waals surface area contributed by atoms with E-state index < -0.39 is 0 Å². The van der Waals surface area contributed by atoms with Gasteiger partial charge in [0.2, 0.25) is 5.91 Å². The van der Waals surface area contributed by atoms with Gasteiger partial charge in [-0.3, -0.25) is 9.69 Å². The fourth-order valence-corrected chi connectivity index (χ4v) is 3.77. The summed E-state index contributed by atoms with van der Waals surface area (Å²) in [6, 6.07) is 4.11. The lowest BCUT2D eigenvalue weighted by Crippen LogP contribution is -2.35. The molecule has 1 atom stereocenters. The zero-order valence-corrected chi connectivity index (χ0v) is 13.7. The summed E-state index contributed by atoms with van der Waals surface area (Å²) in [6.45, 7) is 7.11. The molecule has 0 aliphatic carbocycles. The predicted octanol–water partition coefficient (Wildman–Crippen LogP) is 3.20. The van der Waals surface area contributed by atoms with Gasteiger partial charge in [0, 0.05) is 26.1 Å². The van der Waals surface area contributed by atoms with Crippen LogP contribution in [0.1, 0.15) is 50.0 Å². The van der Waals surface area contributed by atoms with Gasteiger partial charge in [0.05, 0.1) is 6.54 Å². The van der Waals surface area contributed by atoms with Crippen molar-refractivity contribution in [3.8, 4) is 0 Å². The fourth-order valence-electron chi connectivity index (χ4n) is 3.77. The molecule has 4 nitrogen and oxygen atoms in total. The van der Waals surface area contributed by atoms with E-state index in [1.165, 1.54) is 25.7 Å². The lowest BCUT2D eigenvalue weighted by atomic mass is 9.93. The normalized spacial score (nSPS) is 23.1. The Morgan fingerprint density at radius 3 is 2.77 bits per heavy atom. The van der Waals surface area contributed by atoms with Crippen LogP contribution in [0.4, 0.5) is 0 Å². The van der Waals surface area contributed by atoms with Gasteiger partial charge in [-0.05, 0) is 63.6 Å². The molecule has 1 aromatic rings. The lowest BCUT2D eigenvalue weighted by molar-refractivity contribution is -0.130. The first-order valence-electron chi connectivity index (χ1n) is 8.76. The van der Waals surface area contributed by atoms with Gasteiger partial charge in [0.25, 0.3) is 0 Å². The van der Waals surface area contributed by atoms with Crippen LogP contribution in [-0.4, -0.2) is 41.9 Å². The molecule has 0 saturated carbocycles. The highest BCUT2D eigenvalue weighted by Crippen LogP contribution is 2.23. The molecule has 22 heavy (non-hydrogen) atoms. The van der Waals surface area contributed by atoms with Crippen LogP contribution in [0.15, 0.2) is 16.5 Å². The highest BCUT2D eigenvalue weighted by Gasteiger charge is 2.23. The molecule has 0 bridgehead atoms. The van der Waals surface area contributed by atoms with Crippen LogP contribution in [0.5, 0.6) is 0 Å². The number of carbonyl (C=O) groups is 1. The molecule has 2 fully saturated rings. The van der Waals surface area contributed by atoms with E-state index in [0.29, 0.717) is 11.8 Å². The van der Waals surface area contributed by atoms with Crippen molar-refractivity contribution in [3.05, 3.63) is 23.7 Å². The van der Waals surface area contributed by atoms with Crippen LogP contribution in [0, 0.1) is 12.8 Å². The molecule has 2 aliphatic heterocycles. The molecule has 2 aliphatic rings.